The number of benzene rings is 1. The Morgan fingerprint density at radius 2 is 2.00 bits per heavy atom. The number of aromatic nitrogens is 4. The summed E-state index contributed by atoms with van der Waals surface area (Å²) in [7, 11) is 0. The Morgan fingerprint density at radius 3 is 2.88 bits per heavy atom. The van der Waals surface area contributed by atoms with Crippen LogP contribution in [-0.4, -0.2) is 25.3 Å². The summed E-state index contributed by atoms with van der Waals surface area (Å²) in [6.45, 7) is 1.97. The molecule has 0 aliphatic heterocycles. The maximum absolute atomic E-state index is 12.7. The first-order chi connectivity index (χ1) is 15.6. The standard InChI is InChI=1S/C23H19N7OS/c1-14-20(18-13-26-19-9-2-3-11-30(18)19)32-23(27-14)28-16-7-4-6-15(12-16)22(31)29-17-8-5-10-25-21(17)24/h2-13H,1H3,(H2,24,25)(H,27,28)(H,29,31). The molecule has 5 aromatic rings. The van der Waals surface area contributed by atoms with Gasteiger partial charge in [-0.25, -0.2) is 15.0 Å². The summed E-state index contributed by atoms with van der Waals surface area (Å²) in [5.74, 6) is 0.00315. The largest absolute Gasteiger partial charge is 0.382 e. The van der Waals surface area contributed by atoms with Crippen molar-refractivity contribution in [1.29, 1.82) is 0 Å². The normalized spacial score (nSPS) is 10.9. The van der Waals surface area contributed by atoms with Crippen molar-refractivity contribution in [3.8, 4) is 10.6 Å². The molecule has 4 N–H and O–H groups in total. The first-order valence-electron chi connectivity index (χ1n) is 9.87. The van der Waals surface area contributed by atoms with E-state index in [0.29, 0.717) is 11.3 Å². The number of amides is 1. The minimum atomic E-state index is -0.268. The maximum Gasteiger partial charge on any atom is 0.255 e. The lowest BCUT2D eigenvalue weighted by Gasteiger charge is -2.08. The van der Waals surface area contributed by atoms with Gasteiger partial charge in [-0.15, -0.1) is 0 Å². The van der Waals surface area contributed by atoms with Crippen molar-refractivity contribution < 1.29 is 4.79 Å². The minimum Gasteiger partial charge on any atom is -0.382 e. The van der Waals surface area contributed by atoms with Crippen LogP contribution in [0.15, 0.2) is 73.2 Å². The second-order valence-corrected chi connectivity index (χ2v) is 8.10. The molecule has 4 aromatic heterocycles. The molecule has 0 radical (unpaired) electrons. The van der Waals surface area contributed by atoms with Crippen LogP contribution in [0.4, 0.5) is 22.3 Å². The van der Waals surface area contributed by atoms with Crippen LogP contribution in [0, 0.1) is 6.92 Å². The number of hydrogen-bond donors (Lipinski definition) is 3. The molecule has 0 fully saturated rings. The van der Waals surface area contributed by atoms with Crippen molar-refractivity contribution in [2.45, 2.75) is 6.92 Å². The predicted molar refractivity (Wildman–Crippen MR) is 127 cm³/mol. The molecule has 1 amide bonds. The highest BCUT2D eigenvalue weighted by atomic mass is 32.1. The second kappa shape index (κ2) is 8.12. The van der Waals surface area contributed by atoms with Crippen molar-refractivity contribution in [2.75, 3.05) is 16.4 Å². The van der Waals surface area contributed by atoms with Gasteiger partial charge in [0.25, 0.3) is 5.91 Å². The first kappa shape index (κ1) is 19.7. The molecule has 0 saturated carbocycles. The van der Waals surface area contributed by atoms with Crippen LogP contribution < -0.4 is 16.4 Å². The molecule has 0 bridgehead atoms. The van der Waals surface area contributed by atoms with Crippen LogP contribution >= 0.6 is 11.3 Å². The Labute approximate surface area is 187 Å². The molecule has 0 unspecified atom stereocenters. The van der Waals surface area contributed by atoms with E-state index >= 15 is 0 Å². The number of fused-ring (bicyclic) bond motifs is 1. The van der Waals surface area contributed by atoms with Crippen LogP contribution in [0.1, 0.15) is 16.1 Å². The van der Waals surface area contributed by atoms with Gasteiger partial charge in [0.1, 0.15) is 11.5 Å². The molecule has 9 heteroatoms. The summed E-state index contributed by atoms with van der Waals surface area (Å²) in [4.78, 5) is 26.8. The van der Waals surface area contributed by atoms with Crippen LogP contribution in [0.3, 0.4) is 0 Å². The molecular formula is C23H19N7OS. The zero-order valence-corrected chi connectivity index (χ0v) is 17.9. The van der Waals surface area contributed by atoms with Gasteiger partial charge in [0, 0.05) is 23.6 Å². The van der Waals surface area contributed by atoms with Gasteiger partial charge in [0.05, 0.1) is 28.1 Å². The molecule has 0 spiro atoms. The van der Waals surface area contributed by atoms with Gasteiger partial charge >= 0.3 is 0 Å². The Balaban J connectivity index is 1.38. The van der Waals surface area contributed by atoms with Crippen LogP contribution in [-0.2, 0) is 0 Å². The zero-order chi connectivity index (χ0) is 22.1. The van der Waals surface area contributed by atoms with Crippen molar-refractivity contribution in [1.82, 2.24) is 19.4 Å². The number of nitrogens with two attached hydrogens (primary N) is 1. The fourth-order valence-electron chi connectivity index (χ4n) is 3.37. The molecule has 5 rings (SSSR count). The van der Waals surface area contributed by atoms with Crippen molar-refractivity contribution in [3.05, 3.63) is 84.4 Å². The lowest BCUT2D eigenvalue weighted by molar-refractivity contribution is 0.102. The van der Waals surface area contributed by atoms with Gasteiger partial charge in [-0.2, -0.15) is 0 Å². The molecule has 0 aliphatic rings. The summed E-state index contributed by atoms with van der Waals surface area (Å²) >= 11 is 1.54. The number of rotatable bonds is 5. The number of nitrogens with zero attached hydrogens (tertiary/aromatic N) is 4. The highest BCUT2D eigenvalue weighted by molar-refractivity contribution is 7.19. The maximum atomic E-state index is 12.7. The van der Waals surface area contributed by atoms with Gasteiger partial charge in [-0.1, -0.05) is 23.5 Å². The van der Waals surface area contributed by atoms with Crippen LogP contribution in [0.5, 0.6) is 0 Å². The monoisotopic (exact) mass is 441 g/mol. The average Bonchev–Trinajstić information content (AvgIpc) is 3.38. The molecule has 32 heavy (non-hydrogen) atoms. The Hall–Kier alpha value is -4.24. The van der Waals surface area contributed by atoms with E-state index in [1.54, 1.807) is 30.5 Å². The van der Waals surface area contributed by atoms with Crippen molar-refractivity contribution >= 4 is 45.2 Å². The number of aryl methyl sites for hydroxylation is 1. The number of carbonyl (C=O) groups is 1. The second-order valence-electron chi connectivity index (χ2n) is 7.10. The summed E-state index contributed by atoms with van der Waals surface area (Å²) in [5.41, 5.74) is 10.3. The lowest BCUT2D eigenvalue weighted by atomic mass is 10.2. The van der Waals surface area contributed by atoms with E-state index in [4.69, 9.17) is 5.73 Å². The van der Waals surface area contributed by atoms with Crippen molar-refractivity contribution in [2.24, 2.45) is 0 Å². The van der Waals surface area contributed by atoms with Crippen LogP contribution in [0.25, 0.3) is 16.2 Å². The number of pyridine rings is 2. The fourth-order valence-corrected chi connectivity index (χ4v) is 4.36. The molecule has 0 saturated heterocycles. The average molecular weight is 442 g/mol. The number of carbonyl (C=O) groups excluding carboxylic acids is 1. The predicted octanol–water partition coefficient (Wildman–Crippen LogP) is 4.74. The van der Waals surface area contributed by atoms with E-state index in [2.05, 4.69) is 25.6 Å². The highest BCUT2D eigenvalue weighted by Gasteiger charge is 2.15. The zero-order valence-electron chi connectivity index (χ0n) is 17.1. The van der Waals surface area contributed by atoms with Gasteiger partial charge < -0.3 is 16.4 Å². The van der Waals surface area contributed by atoms with Gasteiger partial charge in [-0.05, 0) is 49.4 Å². The third kappa shape index (κ3) is 3.77. The van der Waals surface area contributed by atoms with E-state index in [-0.39, 0.29) is 11.7 Å². The number of anilines is 4. The van der Waals surface area contributed by atoms with E-state index in [1.807, 2.05) is 54.0 Å². The molecule has 1 aromatic carbocycles. The van der Waals surface area contributed by atoms with Crippen molar-refractivity contribution in [3.63, 3.8) is 0 Å². The minimum absolute atomic E-state index is 0.268. The number of imidazole rings is 1. The first-order valence-corrected chi connectivity index (χ1v) is 10.7. The number of hydrogen-bond acceptors (Lipinski definition) is 7. The molecule has 8 nitrogen and oxygen atoms in total. The smallest absolute Gasteiger partial charge is 0.255 e. The van der Waals surface area contributed by atoms with E-state index in [1.165, 1.54) is 11.3 Å². The van der Waals surface area contributed by atoms with Gasteiger partial charge in [0.2, 0.25) is 0 Å². The van der Waals surface area contributed by atoms with E-state index in [0.717, 1.165) is 32.7 Å². The lowest BCUT2D eigenvalue weighted by Crippen LogP contribution is -2.13. The summed E-state index contributed by atoms with van der Waals surface area (Å²) in [6.07, 6.45) is 5.42. The molecule has 158 valence electrons. The number of thiazole rings is 1. The molecule has 4 heterocycles. The Morgan fingerprint density at radius 1 is 1.09 bits per heavy atom. The van der Waals surface area contributed by atoms with Gasteiger partial charge in [-0.3, -0.25) is 9.20 Å². The number of nitrogens with one attached hydrogen (secondary N) is 2. The highest BCUT2D eigenvalue weighted by Crippen LogP contribution is 2.34. The summed E-state index contributed by atoms with van der Waals surface area (Å²) in [5, 5.41) is 6.83. The molecule has 0 atom stereocenters. The topological polar surface area (TPSA) is 110 Å². The fraction of sp³-hybridized carbons (Fsp3) is 0.0435. The number of nitrogen functional groups attached to an aromatic ring is 1. The van der Waals surface area contributed by atoms with Crippen LogP contribution in [0.2, 0.25) is 0 Å². The summed E-state index contributed by atoms with van der Waals surface area (Å²) < 4.78 is 2.04. The third-order valence-corrected chi connectivity index (χ3v) is 6.00. The molecule has 0 aliphatic carbocycles. The Kier molecular flexibility index (Phi) is 5.00. The van der Waals surface area contributed by atoms with E-state index < -0.39 is 0 Å². The third-order valence-electron chi connectivity index (χ3n) is 4.91. The van der Waals surface area contributed by atoms with E-state index in [9.17, 15) is 4.79 Å². The SMILES string of the molecule is Cc1nc(Nc2cccc(C(=O)Nc3cccnc3N)c2)sc1-c1cnc2ccccn12. The Bertz CT molecular complexity index is 1440. The quantitative estimate of drug-likeness (QED) is 0.363. The van der Waals surface area contributed by atoms with Gasteiger partial charge in [0.15, 0.2) is 5.13 Å². The molecular weight excluding hydrogens is 422 g/mol. The summed E-state index contributed by atoms with van der Waals surface area (Å²) in [6, 6.07) is 16.5.